The van der Waals surface area contributed by atoms with Crippen LogP contribution in [-0.2, 0) is 0 Å². The molecule has 0 aromatic heterocycles. The Morgan fingerprint density at radius 2 is 1.94 bits per heavy atom. The van der Waals surface area contributed by atoms with E-state index in [-0.39, 0.29) is 0 Å². The molecular weight excluding hydrogens is 344 g/mol. The van der Waals surface area contributed by atoms with Crippen molar-refractivity contribution < 1.29 is 4.74 Å². The third kappa shape index (κ3) is 5.01. The van der Waals surface area contributed by atoms with E-state index in [4.69, 9.17) is 4.74 Å². The summed E-state index contributed by atoms with van der Waals surface area (Å²) in [6, 6.07) is 6.18. The molecular formula is C14H20Br2O. The molecule has 0 heterocycles. The number of alkyl halides is 1. The molecule has 3 heteroatoms. The Kier molecular flexibility index (Phi) is 5.52. The molecule has 1 atom stereocenters. The number of hydrogen-bond acceptors (Lipinski definition) is 1. The molecule has 1 nitrogen and oxygen atoms in total. The van der Waals surface area contributed by atoms with Gasteiger partial charge < -0.3 is 4.74 Å². The minimum absolute atomic E-state index is 0.292. The maximum Gasteiger partial charge on any atom is 0.123 e. The summed E-state index contributed by atoms with van der Waals surface area (Å²) in [6.45, 7) is 9.46. The van der Waals surface area contributed by atoms with Crippen molar-refractivity contribution in [2.75, 3.05) is 6.61 Å². The normalized spacial score (nSPS) is 13.5. The van der Waals surface area contributed by atoms with Gasteiger partial charge in [-0.2, -0.15) is 0 Å². The van der Waals surface area contributed by atoms with Crippen molar-refractivity contribution in [2.24, 2.45) is 5.41 Å². The second-order valence-electron chi connectivity index (χ2n) is 5.35. The van der Waals surface area contributed by atoms with E-state index in [1.54, 1.807) is 0 Å². The molecule has 0 aliphatic rings. The monoisotopic (exact) mass is 362 g/mol. The van der Waals surface area contributed by atoms with E-state index in [9.17, 15) is 0 Å². The average Bonchev–Trinajstić information content (AvgIpc) is 2.18. The van der Waals surface area contributed by atoms with E-state index in [0.29, 0.717) is 16.8 Å². The van der Waals surface area contributed by atoms with Crippen molar-refractivity contribution in [3.63, 3.8) is 0 Å². The summed E-state index contributed by atoms with van der Waals surface area (Å²) in [5, 5.41) is 0. The van der Waals surface area contributed by atoms with Gasteiger partial charge in [0.25, 0.3) is 0 Å². The molecule has 0 saturated heterocycles. The lowest BCUT2D eigenvalue weighted by atomic mass is 9.88. The molecule has 0 fully saturated rings. The molecule has 1 rings (SSSR count). The molecule has 96 valence electrons. The molecule has 0 saturated carbocycles. The molecule has 0 N–H and O–H groups in total. The first kappa shape index (κ1) is 15.0. The van der Waals surface area contributed by atoms with E-state index in [1.165, 1.54) is 5.56 Å². The van der Waals surface area contributed by atoms with Crippen LogP contribution >= 0.6 is 31.9 Å². The van der Waals surface area contributed by atoms with Gasteiger partial charge in [-0.1, -0.05) is 52.6 Å². The third-order valence-electron chi connectivity index (χ3n) is 2.40. The van der Waals surface area contributed by atoms with Gasteiger partial charge in [-0.15, -0.1) is 0 Å². The second kappa shape index (κ2) is 6.24. The standard InChI is InChI=1S/C14H20Br2O/c1-5-17-13-7-6-10(15)8-11(13)12(16)9-14(2,3)4/h6-8,12H,5,9H2,1-4H3. The predicted molar refractivity (Wildman–Crippen MR) is 81.1 cm³/mol. The van der Waals surface area contributed by atoms with Gasteiger partial charge in [-0.25, -0.2) is 0 Å². The summed E-state index contributed by atoms with van der Waals surface area (Å²) in [5.74, 6) is 0.974. The molecule has 1 aromatic carbocycles. The lowest BCUT2D eigenvalue weighted by Crippen LogP contribution is -2.09. The predicted octanol–water partition coefficient (Wildman–Crippen LogP) is 5.72. The number of ether oxygens (including phenoxy) is 1. The van der Waals surface area contributed by atoms with Crippen molar-refractivity contribution in [1.82, 2.24) is 0 Å². The summed E-state index contributed by atoms with van der Waals surface area (Å²) in [6.07, 6.45) is 1.07. The van der Waals surface area contributed by atoms with Crippen molar-refractivity contribution in [3.8, 4) is 5.75 Å². The van der Waals surface area contributed by atoms with Gasteiger partial charge in [-0.3, -0.25) is 0 Å². The number of halogens is 2. The Bertz CT molecular complexity index is 369. The number of rotatable bonds is 4. The highest BCUT2D eigenvalue weighted by molar-refractivity contribution is 9.10. The third-order valence-corrected chi connectivity index (χ3v) is 3.71. The summed E-state index contributed by atoms with van der Waals surface area (Å²) in [4.78, 5) is 0.321. The lowest BCUT2D eigenvalue weighted by Gasteiger charge is -2.24. The fraction of sp³-hybridized carbons (Fsp3) is 0.571. The summed E-state index contributed by atoms with van der Waals surface area (Å²) >= 11 is 7.29. The first-order valence-electron chi connectivity index (χ1n) is 5.90. The molecule has 0 radical (unpaired) electrons. The maximum atomic E-state index is 5.68. The highest BCUT2D eigenvalue weighted by Crippen LogP contribution is 2.40. The van der Waals surface area contributed by atoms with Gasteiger partial charge >= 0.3 is 0 Å². The molecule has 0 amide bonds. The first-order chi connectivity index (χ1) is 7.83. The van der Waals surface area contributed by atoms with E-state index in [0.717, 1.165) is 16.6 Å². The van der Waals surface area contributed by atoms with Crippen LogP contribution < -0.4 is 4.74 Å². The van der Waals surface area contributed by atoms with Gasteiger partial charge in [0.2, 0.25) is 0 Å². The van der Waals surface area contributed by atoms with Crippen LogP contribution in [0.25, 0.3) is 0 Å². The SMILES string of the molecule is CCOc1ccc(Br)cc1C(Br)CC(C)(C)C. The molecule has 1 unspecified atom stereocenters. The second-order valence-corrected chi connectivity index (χ2v) is 7.37. The molecule has 0 spiro atoms. The highest BCUT2D eigenvalue weighted by atomic mass is 79.9. The van der Waals surface area contributed by atoms with Gasteiger partial charge in [0.1, 0.15) is 5.75 Å². The van der Waals surface area contributed by atoms with Crippen molar-refractivity contribution in [1.29, 1.82) is 0 Å². The van der Waals surface area contributed by atoms with Gasteiger partial charge in [-0.05, 0) is 37.0 Å². The van der Waals surface area contributed by atoms with Crippen LogP contribution in [0, 0.1) is 5.41 Å². The first-order valence-corrected chi connectivity index (χ1v) is 7.60. The number of benzene rings is 1. The lowest BCUT2D eigenvalue weighted by molar-refractivity contribution is 0.330. The Morgan fingerprint density at radius 3 is 2.47 bits per heavy atom. The van der Waals surface area contributed by atoms with Crippen molar-refractivity contribution in [3.05, 3.63) is 28.2 Å². The number of hydrogen-bond donors (Lipinski definition) is 0. The largest absolute Gasteiger partial charge is 0.494 e. The fourth-order valence-corrected chi connectivity index (χ4v) is 3.41. The Morgan fingerprint density at radius 1 is 1.29 bits per heavy atom. The highest BCUT2D eigenvalue weighted by Gasteiger charge is 2.20. The van der Waals surface area contributed by atoms with Crippen molar-refractivity contribution >= 4 is 31.9 Å². The van der Waals surface area contributed by atoms with Crippen LogP contribution in [-0.4, -0.2) is 6.61 Å². The molecule has 0 aliphatic carbocycles. The van der Waals surface area contributed by atoms with E-state index >= 15 is 0 Å². The average molecular weight is 364 g/mol. The summed E-state index contributed by atoms with van der Waals surface area (Å²) in [7, 11) is 0. The topological polar surface area (TPSA) is 9.23 Å². The van der Waals surface area contributed by atoms with Crippen molar-refractivity contribution in [2.45, 2.75) is 38.9 Å². The van der Waals surface area contributed by atoms with E-state index < -0.39 is 0 Å². The Hall–Kier alpha value is -0.0200. The minimum Gasteiger partial charge on any atom is -0.494 e. The van der Waals surface area contributed by atoms with Gasteiger partial charge in [0.15, 0.2) is 0 Å². The van der Waals surface area contributed by atoms with Gasteiger partial charge in [0.05, 0.1) is 6.61 Å². The van der Waals surface area contributed by atoms with Crippen LogP contribution in [0.15, 0.2) is 22.7 Å². The van der Waals surface area contributed by atoms with Crippen LogP contribution in [0.1, 0.15) is 44.5 Å². The summed E-state index contributed by atoms with van der Waals surface area (Å²) < 4.78 is 6.77. The van der Waals surface area contributed by atoms with Crippen LogP contribution in [0.3, 0.4) is 0 Å². The molecule has 0 bridgehead atoms. The zero-order valence-electron chi connectivity index (χ0n) is 10.9. The minimum atomic E-state index is 0.292. The van der Waals surface area contributed by atoms with E-state index in [1.807, 2.05) is 19.1 Å². The zero-order chi connectivity index (χ0) is 13.1. The van der Waals surface area contributed by atoms with Crippen LogP contribution in [0.2, 0.25) is 0 Å². The quantitative estimate of drug-likeness (QED) is 0.621. The van der Waals surface area contributed by atoms with E-state index in [2.05, 4.69) is 58.7 Å². The fourth-order valence-electron chi connectivity index (χ4n) is 1.70. The zero-order valence-corrected chi connectivity index (χ0v) is 14.1. The Labute approximate surface area is 121 Å². The smallest absolute Gasteiger partial charge is 0.123 e. The molecule has 0 aliphatic heterocycles. The van der Waals surface area contributed by atoms with Crippen LogP contribution in [0.4, 0.5) is 0 Å². The maximum absolute atomic E-state index is 5.68. The van der Waals surface area contributed by atoms with Gasteiger partial charge in [0, 0.05) is 14.9 Å². The molecule has 1 aromatic rings. The van der Waals surface area contributed by atoms with Crippen LogP contribution in [0.5, 0.6) is 5.75 Å². The molecule has 17 heavy (non-hydrogen) atoms. The summed E-state index contributed by atoms with van der Waals surface area (Å²) in [5.41, 5.74) is 1.51. The Balaban J connectivity index is 2.97.